The van der Waals surface area contributed by atoms with Crippen LogP contribution in [0.3, 0.4) is 0 Å². The Bertz CT molecular complexity index is 69.5. The van der Waals surface area contributed by atoms with E-state index >= 15 is 0 Å². The molecule has 0 saturated carbocycles. The highest BCUT2D eigenvalue weighted by Crippen LogP contribution is 1.99. The van der Waals surface area contributed by atoms with Gasteiger partial charge < -0.3 is 5.21 Å². The SMILES string of the molecule is [O-][NH+]1CCCCCCO1. The van der Waals surface area contributed by atoms with Gasteiger partial charge in [0.2, 0.25) is 0 Å². The Balaban J connectivity index is 2.12. The Hall–Kier alpha value is -0.120. The van der Waals surface area contributed by atoms with Gasteiger partial charge in [0.25, 0.3) is 0 Å². The van der Waals surface area contributed by atoms with Gasteiger partial charge in [0.15, 0.2) is 0 Å². The van der Waals surface area contributed by atoms with Crippen LogP contribution in [-0.2, 0) is 4.84 Å². The van der Waals surface area contributed by atoms with Crippen molar-refractivity contribution in [2.24, 2.45) is 0 Å². The number of hydrogen-bond donors (Lipinski definition) is 1. The van der Waals surface area contributed by atoms with Crippen LogP contribution in [0.15, 0.2) is 0 Å². The highest BCUT2D eigenvalue weighted by molar-refractivity contribution is 4.42. The molecular formula is C6H13NO2. The Morgan fingerprint density at radius 2 is 1.89 bits per heavy atom. The Labute approximate surface area is 55.1 Å². The maximum atomic E-state index is 10.6. The molecule has 1 aliphatic heterocycles. The molecule has 1 N–H and O–H groups in total. The molecule has 1 fully saturated rings. The monoisotopic (exact) mass is 131 g/mol. The van der Waals surface area contributed by atoms with Crippen LogP contribution in [0.5, 0.6) is 0 Å². The number of nitrogens with one attached hydrogen (secondary N) is 1. The Morgan fingerprint density at radius 3 is 2.78 bits per heavy atom. The van der Waals surface area contributed by atoms with Crippen LogP contribution >= 0.6 is 0 Å². The summed E-state index contributed by atoms with van der Waals surface area (Å²) < 4.78 is 0. The molecule has 9 heavy (non-hydrogen) atoms. The summed E-state index contributed by atoms with van der Waals surface area (Å²) in [5.74, 6) is 0. The van der Waals surface area contributed by atoms with E-state index in [1.807, 2.05) is 0 Å². The average Bonchev–Trinajstić information content (AvgIpc) is 1.79. The standard InChI is InChI=1S/C6H13NO2/c8-7-5-3-1-2-4-6-9-7/h7H,1-6H2. The molecule has 0 aliphatic carbocycles. The summed E-state index contributed by atoms with van der Waals surface area (Å²) in [4.78, 5) is 4.84. The number of hydroxylamine groups is 2. The van der Waals surface area contributed by atoms with Crippen molar-refractivity contribution in [1.29, 1.82) is 0 Å². The van der Waals surface area contributed by atoms with E-state index in [1.165, 1.54) is 12.8 Å². The summed E-state index contributed by atoms with van der Waals surface area (Å²) in [6.07, 6.45) is 4.47. The zero-order chi connectivity index (χ0) is 6.53. The van der Waals surface area contributed by atoms with Crippen molar-refractivity contribution in [3.05, 3.63) is 5.21 Å². The predicted octanol–water partition coefficient (Wildman–Crippen LogP) is -0.125. The molecule has 3 nitrogen and oxygen atoms in total. The molecule has 0 radical (unpaired) electrons. The fourth-order valence-corrected chi connectivity index (χ4v) is 0.983. The minimum absolute atomic E-state index is 0.0188. The fraction of sp³-hybridized carbons (Fsp3) is 1.00. The van der Waals surface area contributed by atoms with Crippen molar-refractivity contribution >= 4 is 0 Å². The van der Waals surface area contributed by atoms with Gasteiger partial charge in [-0.05, 0) is 19.3 Å². The molecule has 1 saturated heterocycles. The highest BCUT2D eigenvalue weighted by atomic mass is 16.9. The van der Waals surface area contributed by atoms with E-state index < -0.39 is 0 Å². The van der Waals surface area contributed by atoms with Gasteiger partial charge in [0.05, 0.1) is 0 Å². The van der Waals surface area contributed by atoms with Gasteiger partial charge in [-0.15, -0.1) is 0 Å². The minimum atomic E-state index is -0.0188. The molecule has 3 heteroatoms. The molecule has 1 atom stereocenters. The summed E-state index contributed by atoms with van der Waals surface area (Å²) in [5, 5.41) is 10.6. The maximum absolute atomic E-state index is 10.6. The third-order valence-electron chi connectivity index (χ3n) is 1.54. The van der Waals surface area contributed by atoms with Gasteiger partial charge in [-0.2, -0.15) is 0 Å². The van der Waals surface area contributed by atoms with Crippen molar-refractivity contribution in [1.82, 2.24) is 0 Å². The highest BCUT2D eigenvalue weighted by Gasteiger charge is 2.02. The van der Waals surface area contributed by atoms with Crippen molar-refractivity contribution < 1.29 is 10.1 Å². The van der Waals surface area contributed by atoms with Crippen LogP contribution in [0.2, 0.25) is 0 Å². The Morgan fingerprint density at radius 1 is 1.11 bits per heavy atom. The number of hydrogen-bond acceptors (Lipinski definition) is 2. The average molecular weight is 131 g/mol. The van der Waals surface area contributed by atoms with Crippen LogP contribution in [0.4, 0.5) is 0 Å². The topological polar surface area (TPSA) is 36.7 Å². The van der Waals surface area contributed by atoms with E-state index in [2.05, 4.69) is 0 Å². The van der Waals surface area contributed by atoms with Gasteiger partial charge in [-0.25, -0.2) is 10.1 Å². The van der Waals surface area contributed by atoms with E-state index in [4.69, 9.17) is 4.84 Å². The van der Waals surface area contributed by atoms with E-state index in [-0.39, 0.29) is 5.23 Å². The molecule has 1 unspecified atom stereocenters. The first kappa shape index (κ1) is 6.99. The van der Waals surface area contributed by atoms with Crippen molar-refractivity contribution in [3.8, 4) is 0 Å². The lowest BCUT2D eigenvalue weighted by molar-refractivity contribution is -1.05. The third-order valence-corrected chi connectivity index (χ3v) is 1.54. The van der Waals surface area contributed by atoms with Gasteiger partial charge in [-0.3, -0.25) is 0 Å². The fourth-order valence-electron chi connectivity index (χ4n) is 0.983. The largest absolute Gasteiger partial charge is 0.600 e. The normalized spacial score (nSPS) is 31.0. The molecule has 0 aromatic carbocycles. The predicted molar refractivity (Wildman–Crippen MR) is 33.6 cm³/mol. The number of quaternary nitrogens is 1. The summed E-state index contributed by atoms with van der Waals surface area (Å²) in [6, 6.07) is 0. The van der Waals surface area contributed by atoms with Crippen molar-refractivity contribution in [2.45, 2.75) is 25.7 Å². The molecule has 54 valence electrons. The first-order valence-electron chi connectivity index (χ1n) is 3.55. The smallest absolute Gasteiger partial charge is 0.107 e. The molecule has 1 heterocycles. The lowest BCUT2D eigenvalue weighted by Crippen LogP contribution is -3.06. The maximum Gasteiger partial charge on any atom is 0.107 e. The van der Waals surface area contributed by atoms with Crippen molar-refractivity contribution in [2.75, 3.05) is 13.2 Å². The van der Waals surface area contributed by atoms with Gasteiger partial charge in [-0.1, -0.05) is 6.42 Å². The van der Waals surface area contributed by atoms with Crippen LogP contribution in [0, 0.1) is 5.21 Å². The van der Waals surface area contributed by atoms with E-state index in [9.17, 15) is 5.21 Å². The van der Waals surface area contributed by atoms with Crippen LogP contribution in [0.25, 0.3) is 0 Å². The van der Waals surface area contributed by atoms with E-state index in [1.54, 1.807) is 0 Å². The van der Waals surface area contributed by atoms with Gasteiger partial charge >= 0.3 is 0 Å². The summed E-state index contributed by atoms with van der Waals surface area (Å²) in [6.45, 7) is 1.26. The second-order valence-electron chi connectivity index (χ2n) is 2.38. The molecule has 0 bridgehead atoms. The lowest BCUT2D eigenvalue weighted by atomic mass is 10.2. The zero-order valence-corrected chi connectivity index (χ0v) is 5.56. The van der Waals surface area contributed by atoms with Crippen molar-refractivity contribution in [3.63, 3.8) is 0 Å². The quantitative estimate of drug-likeness (QED) is 0.465. The molecular weight excluding hydrogens is 118 g/mol. The summed E-state index contributed by atoms with van der Waals surface area (Å²) in [5.41, 5.74) is 0. The summed E-state index contributed by atoms with van der Waals surface area (Å²) >= 11 is 0. The second-order valence-corrected chi connectivity index (χ2v) is 2.38. The zero-order valence-electron chi connectivity index (χ0n) is 5.56. The van der Waals surface area contributed by atoms with E-state index in [0.29, 0.717) is 13.2 Å². The molecule has 0 aromatic heterocycles. The third kappa shape index (κ3) is 2.79. The molecule has 0 aromatic rings. The van der Waals surface area contributed by atoms with Gasteiger partial charge in [0, 0.05) is 0 Å². The molecule has 0 spiro atoms. The first-order chi connectivity index (χ1) is 4.39. The molecule has 0 amide bonds. The second kappa shape index (κ2) is 3.82. The van der Waals surface area contributed by atoms with Gasteiger partial charge in [0.1, 0.15) is 13.2 Å². The first-order valence-corrected chi connectivity index (χ1v) is 3.55. The van der Waals surface area contributed by atoms with Crippen LogP contribution in [-0.4, -0.2) is 13.2 Å². The number of rotatable bonds is 0. The summed E-state index contributed by atoms with van der Waals surface area (Å²) in [7, 11) is 0. The Kier molecular flexibility index (Phi) is 2.97. The molecule has 1 rings (SSSR count). The van der Waals surface area contributed by atoms with E-state index in [0.717, 1.165) is 12.8 Å². The lowest BCUT2D eigenvalue weighted by Gasteiger charge is -2.21. The molecule has 1 aliphatic rings. The van der Waals surface area contributed by atoms with Crippen LogP contribution < -0.4 is 5.23 Å². The van der Waals surface area contributed by atoms with Crippen LogP contribution in [0.1, 0.15) is 25.7 Å². The minimum Gasteiger partial charge on any atom is -0.600 e.